The van der Waals surface area contributed by atoms with Crippen LogP contribution in [-0.2, 0) is 9.53 Å². The van der Waals surface area contributed by atoms with E-state index in [1.165, 1.54) is 11.3 Å². The third-order valence-corrected chi connectivity index (χ3v) is 6.07. The van der Waals surface area contributed by atoms with E-state index in [4.69, 9.17) is 19.2 Å². The molecule has 1 aromatic heterocycles. The first-order valence-electron chi connectivity index (χ1n) is 10.3. The number of nitrogens with zero attached hydrogens (tertiary/aromatic N) is 2. The number of aryl methyl sites for hydroxylation is 1. The van der Waals surface area contributed by atoms with Crippen molar-refractivity contribution in [3.63, 3.8) is 0 Å². The van der Waals surface area contributed by atoms with Crippen LogP contribution >= 0.6 is 11.3 Å². The van der Waals surface area contributed by atoms with Crippen molar-refractivity contribution in [1.29, 1.82) is 0 Å². The first-order valence-corrected chi connectivity index (χ1v) is 11.2. The van der Waals surface area contributed by atoms with Crippen molar-refractivity contribution in [2.75, 3.05) is 31.8 Å². The van der Waals surface area contributed by atoms with Crippen molar-refractivity contribution in [1.82, 2.24) is 4.98 Å². The number of benzene rings is 2. The predicted molar refractivity (Wildman–Crippen MR) is 122 cm³/mol. The Bertz CT molecular complexity index is 995. The molecule has 7 heteroatoms. The molecule has 6 nitrogen and oxygen atoms in total. The van der Waals surface area contributed by atoms with Crippen LogP contribution in [0.15, 0.2) is 53.9 Å². The van der Waals surface area contributed by atoms with Gasteiger partial charge in [-0.3, -0.25) is 9.69 Å². The van der Waals surface area contributed by atoms with Crippen LogP contribution in [0.25, 0.3) is 11.3 Å². The minimum atomic E-state index is -0.133. The van der Waals surface area contributed by atoms with Gasteiger partial charge in [0.25, 0.3) is 5.91 Å². The van der Waals surface area contributed by atoms with Crippen LogP contribution in [0.1, 0.15) is 18.4 Å². The molecule has 162 valence electrons. The number of carbonyl (C=O) groups is 1. The molecule has 4 rings (SSSR count). The SMILES string of the molecule is COc1ccc(-c2csc(N(CC3CCCO3)C(=O)COc3ccc(C)cc3)n2)cc1. The van der Waals surface area contributed by atoms with Crippen LogP contribution in [-0.4, -0.2) is 43.9 Å². The van der Waals surface area contributed by atoms with Crippen molar-refractivity contribution in [3.8, 4) is 22.8 Å². The maximum absolute atomic E-state index is 13.1. The molecule has 1 unspecified atom stereocenters. The molecule has 0 radical (unpaired) electrons. The number of thiazole rings is 1. The van der Waals surface area contributed by atoms with Crippen molar-refractivity contribution >= 4 is 22.4 Å². The zero-order chi connectivity index (χ0) is 21.6. The van der Waals surface area contributed by atoms with E-state index in [1.807, 2.05) is 60.8 Å². The zero-order valence-corrected chi connectivity index (χ0v) is 18.6. The van der Waals surface area contributed by atoms with E-state index in [9.17, 15) is 4.79 Å². The first-order chi connectivity index (χ1) is 15.1. The van der Waals surface area contributed by atoms with Gasteiger partial charge in [-0.05, 0) is 56.2 Å². The molecule has 1 fully saturated rings. The highest BCUT2D eigenvalue weighted by molar-refractivity contribution is 7.14. The predicted octanol–water partition coefficient (Wildman–Crippen LogP) is 4.72. The number of ether oxygens (including phenoxy) is 3. The standard InChI is InChI=1S/C24H26N2O4S/c1-17-5-9-20(10-6-17)30-15-23(27)26(14-21-4-3-13-29-21)24-25-22(16-31-24)18-7-11-19(28-2)12-8-18/h5-12,16,21H,3-4,13-15H2,1-2H3. The van der Waals surface area contributed by atoms with Crippen molar-refractivity contribution < 1.29 is 19.0 Å². The van der Waals surface area contributed by atoms with Crippen LogP contribution in [0.5, 0.6) is 11.5 Å². The summed E-state index contributed by atoms with van der Waals surface area (Å²) in [7, 11) is 1.64. The summed E-state index contributed by atoms with van der Waals surface area (Å²) in [6.07, 6.45) is 1.98. The molecule has 0 N–H and O–H groups in total. The van der Waals surface area contributed by atoms with Gasteiger partial charge >= 0.3 is 0 Å². The van der Waals surface area contributed by atoms with Gasteiger partial charge in [-0.25, -0.2) is 4.98 Å². The number of amides is 1. The van der Waals surface area contributed by atoms with Gasteiger partial charge in [0.2, 0.25) is 0 Å². The molecule has 1 atom stereocenters. The van der Waals surface area contributed by atoms with Crippen LogP contribution in [0.2, 0.25) is 0 Å². The average molecular weight is 439 g/mol. The maximum atomic E-state index is 13.1. The fourth-order valence-corrected chi connectivity index (χ4v) is 4.28. The zero-order valence-electron chi connectivity index (χ0n) is 17.7. The fourth-order valence-electron chi connectivity index (χ4n) is 3.42. The molecule has 1 saturated heterocycles. The molecular weight excluding hydrogens is 412 g/mol. The normalized spacial score (nSPS) is 15.6. The molecule has 1 aliphatic heterocycles. The Balaban J connectivity index is 1.50. The number of rotatable bonds is 8. The minimum Gasteiger partial charge on any atom is -0.497 e. The molecule has 0 spiro atoms. The van der Waals surface area contributed by atoms with Crippen molar-refractivity contribution in [2.24, 2.45) is 0 Å². The lowest BCUT2D eigenvalue weighted by molar-refractivity contribution is -0.120. The Kier molecular flexibility index (Phi) is 6.84. The van der Waals surface area contributed by atoms with Crippen LogP contribution in [0.4, 0.5) is 5.13 Å². The molecule has 0 aliphatic carbocycles. The quantitative estimate of drug-likeness (QED) is 0.509. The Hall–Kier alpha value is -2.90. The van der Waals surface area contributed by atoms with Gasteiger partial charge in [-0.2, -0.15) is 0 Å². The third kappa shape index (κ3) is 5.42. The number of hydrogen-bond acceptors (Lipinski definition) is 6. The summed E-state index contributed by atoms with van der Waals surface area (Å²) in [4.78, 5) is 19.5. The van der Waals surface area contributed by atoms with Gasteiger partial charge in [-0.1, -0.05) is 17.7 Å². The molecule has 1 amide bonds. The summed E-state index contributed by atoms with van der Waals surface area (Å²) in [6.45, 7) is 3.18. The van der Waals surface area contributed by atoms with Crippen molar-refractivity contribution in [3.05, 3.63) is 59.5 Å². The average Bonchev–Trinajstić information content (AvgIpc) is 3.49. The van der Waals surface area contributed by atoms with Gasteiger partial charge < -0.3 is 14.2 Å². The summed E-state index contributed by atoms with van der Waals surface area (Å²) in [5.74, 6) is 1.34. The lowest BCUT2D eigenvalue weighted by Crippen LogP contribution is -2.40. The minimum absolute atomic E-state index is 0.0247. The molecule has 2 aromatic carbocycles. The molecule has 31 heavy (non-hydrogen) atoms. The second-order valence-corrected chi connectivity index (χ2v) is 8.32. The van der Waals surface area contributed by atoms with Crippen LogP contribution in [0, 0.1) is 6.92 Å². The van der Waals surface area contributed by atoms with E-state index in [-0.39, 0.29) is 18.6 Å². The molecule has 0 bridgehead atoms. The second kappa shape index (κ2) is 9.94. The van der Waals surface area contributed by atoms with E-state index in [1.54, 1.807) is 12.0 Å². The topological polar surface area (TPSA) is 60.9 Å². The summed E-state index contributed by atoms with van der Waals surface area (Å²) in [5.41, 5.74) is 2.95. The summed E-state index contributed by atoms with van der Waals surface area (Å²) >= 11 is 1.45. The molecular formula is C24H26N2O4S. The summed E-state index contributed by atoms with van der Waals surface area (Å²) in [5, 5.41) is 2.62. The maximum Gasteiger partial charge on any atom is 0.266 e. The van der Waals surface area contributed by atoms with E-state index in [0.29, 0.717) is 17.4 Å². The molecule has 0 saturated carbocycles. The van der Waals surface area contributed by atoms with Crippen molar-refractivity contribution in [2.45, 2.75) is 25.9 Å². The number of anilines is 1. The largest absolute Gasteiger partial charge is 0.497 e. The van der Waals surface area contributed by atoms with Gasteiger partial charge in [0, 0.05) is 17.6 Å². The Morgan fingerprint density at radius 2 is 1.90 bits per heavy atom. The highest BCUT2D eigenvalue weighted by Gasteiger charge is 2.26. The first kappa shape index (κ1) is 21.3. The van der Waals surface area contributed by atoms with Gasteiger partial charge in [0.15, 0.2) is 11.7 Å². The summed E-state index contributed by atoms with van der Waals surface area (Å²) in [6, 6.07) is 15.4. The van der Waals surface area contributed by atoms with E-state index < -0.39 is 0 Å². The van der Waals surface area contributed by atoms with Gasteiger partial charge in [-0.15, -0.1) is 11.3 Å². The molecule has 3 aromatic rings. The highest BCUT2D eigenvalue weighted by atomic mass is 32.1. The van der Waals surface area contributed by atoms with E-state index >= 15 is 0 Å². The van der Waals surface area contributed by atoms with Crippen LogP contribution < -0.4 is 14.4 Å². The number of aromatic nitrogens is 1. The van der Waals surface area contributed by atoms with Crippen LogP contribution in [0.3, 0.4) is 0 Å². The van der Waals surface area contributed by atoms with E-state index in [0.717, 1.165) is 42.0 Å². The van der Waals surface area contributed by atoms with Gasteiger partial charge in [0.05, 0.1) is 25.5 Å². The lowest BCUT2D eigenvalue weighted by atomic mass is 10.2. The Labute approximate surface area is 186 Å². The number of hydrogen-bond donors (Lipinski definition) is 0. The highest BCUT2D eigenvalue weighted by Crippen LogP contribution is 2.30. The fraction of sp³-hybridized carbons (Fsp3) is 0.333. The summed E-state index contributed by atoms with van der Waals surface area (Å²) < 4.78 is 16.7. The number of methoxy groups -OCH3 is 1. The molecule has 2 heterocycles. The lowest BCUT2D eigenvalue weighted by Gasteiger charge is -2.23. The Morgan fingerprint density at radius 1 is 1.16 bits per heavy atom. The smallest absolute Gasteiger partial charge is 0.266 e. The molecule has 1 aliphatic rings. The Morgan fingerprint density at radius 3 is 2.58 bits per heavy atom. The number of carbonyl (C=O) groups excluding carboxylic acids is 1. The second-order valence-electron chi connectivity index (χ2n) is 7.48. The van der Waals surface area contributed by atoms with Gasteiger partial charge in [0.1, 0.15) is 11.5 Å². The third-order valence-electron chi connectivity index (χ3n) is 5.20. The monoisotopic (exact) mass is 438 g/mol. The van der Waals surface area contributed by atoms with E-state index in [2.05, 4.69) is 0 Å².